The van der Waals surface area contributed by atoms with Crippen LogP contribution in [0.25, 0.3) is 10.9 Å². The minimum Gasteiger partial charge on any atom is -0.483 e. The van der Waals surface area contributed by atoms with E-state index in [1.165, 1.54) is 4.90 Å². The predicted octanol–water partition coefficient (Wildman–Crippen LogP) is 5.13. The molecule has 3 aliphatic carbocycles. The standard InChI is InChI=1S/C40H47F4N5O8S/c1-23-31-26(25-11-8-9-12-27(25)45-23)15-16-37(57-31)20-29-32(50)47-38(34(52)48-58(54,55)36(2)18-19-36)17-14-24(38)10-6-4-3-5-7-13-28(33(51)49(29)22-37)46-35(53)56-30-21-39(41,42)40(30,43)44/h6,8-12,24,28-30H,3-5,7,13-22H2,1-2H3,(H,46,53)(H,47,50)(H,48,52). The van der Waals surface area contributed by atoms with Gasteiger partial charge in [0.2, 0.25) is 21.8 Å². The monoisotopic (exact) mass is 833 g/mol. The Kier molecular flexibility index (Phi) is 9.78. The number of para-hydroxylation sites is 1. The number of aryl methyl sites for hydroxylation is 2. The number of fused-ring (bicyclic) bond motifs is 5. The summed E-state index contributed by atoms with van der Waals surface area (Å²) < 4.78 is 94.5. The highest BCUT2D eigenvalue weighted by atomic mass is 32.2. The Morgan fingerprint density at radius 2 is 1.78 bits per heavy atom. The molecule has 0 radical (unpaired) electrons. The van der Waals surface area contributed by atoms with E-state index in [-0.39, 0.29) is 25.8 Å². The zero-order chi connectivity index (χ0) is 41.5. The van der Waals surface area contributed by atoms with Crippen LogP contribution in [0.5, 0.6) is 5.75 Å². The Morgan fingerprint density at radius 1 is 1.02 bits per heavy atom. The third-order valence-corrected chi connectivity index (χ3v) is 15.4. The first kappa shape index (κ1) is 40.3. The molecule has 18 heteroatoms. The highest BCUT2D eigenvalue weighted by Gasteiger charge is 2.74. The van der Waals surface area contributed by atoms with Crippen molar-refractivity contribution in [3.8, 4) is 5.75 Å². The molecule has 3 N–H and O–H groups in total. The van der Waals surface area contributed by atoms with Crippen molar-refractivity contribution in [2.45, 2.75) is 143 Å². The molecule has 1 aromatic heterocycles. The van der Waals surface area contributed by atoms with Crippen molar-refractivity contribution in [1.29, 1.82) is 0 Å². The van der Waals surface area contributed by atoms with Crippen molar-refractivity contribution in [2.75, 3.05) is 6.54 Å². The number of nitrogens with one attached hydrogen (secondary N) is 3. The van der Waals surface area contributed by atoms with Gasteiger partial charge in [-0.15, -0.1) is 0 Å². The topological polar surface area (TPSA) is 173 Å². The minimum absolute atomic E-state index is 0.0109. The number of amides is 4. The van der Waals surface area contributed by atoms with Gasteiger partial charge in [0, 0.05) is 23.3 Å². The maximum atomic E-state index is 14.7. The maximum Gasteiger partial charge on any atom is 0.408 e. The summed E-state index contributed by atoms with van der Waals surface area (Å²) in [6.45, 7) is 3.20. The summed E-state index contributed by atoms with van der Waals surface area (Å²) in [7, 11) is -4.09. The number of alkyl halides is 4. The first-order valence-corrected chi connectivity index (χ1v) is 21.4. The van der Waals surface area contributed by atoms with E-state index in [4.69, 9.17) is 14.5 Å². The number of pyridine rings is 1. The molecule has 4 heterocycles. The molecule has 1 saturated heterocycles. The van der Waals surface area contributed by atoms with E-state index >= 15 is 0 Å². The number of rotatable bonds is 5. The Bertz CT molecular complexity index is 2200. The summed E-state index contributed by atoms with van der Waals surface area (Å²) >= 11 is 0. The van der Waals surface area contributed by atoms with Crippen molar-refractivity contribution in [1.82, 2.24) is 25.2 Å². The van der Waals surface area contributed by atoms with Gasteiger partial charge in [-0.05, 0) is 77.7 Å². The van der Waals surface area contributed by atoms with E-state index in [9.17, 15) is 45.2 Å². The lowest BCUT2D eigenvalue weighted by molar-refractivity contribution is -0.329. The third-order valence-electron chi connectivity index (χ3n) is 13.2. The molecule has 4 amide bonds. The summed E-state index contributed by atoms with van der Waals surface area (Å²) in [5, 5.41) is 6.10. The summed E-state index contributed by atoms with van der Waals surface area (Å²) in [6.07, 6.45) is 2.74. The molecule has 58 heavy (non-hydrogen) atoms. The Labute approximate surface area is 333 Å². The molecule has 0 bridgehead atoms. The van der Waals surface area contributed by atoms with Crippen LogP contribution in [0.15, 0.2) is 36.4 Å². The lowest BCUT2D eigenvalue weighted by Crippen LogP contribution is -2.70. The fraction of sp³-hybridized carbons (Fsp3) is 0.625. The average molecular weight is 834 g/mol. The molecule has 4 fully saturated rings. The van der Waals surface area contributed by atoms with E-state index in [2.05, 4.69) is 15.4 Å². The lowest BCUT2D eigenvalue weighted by Gasteiger charge is -2.48. The largest absolute Gasteiger partial charge is 0.483 e. The van der Waals surface area contributed by atoms with Crippen molar-refractivity contribution >= 4 is 44.7 Å². The van der Waals surface area contributed by atoms with E-state index in [0.717, 1.165) is 16.5 Å². The summed E-state index contributed by atoms with van der Waals surface area (Å²) in [4.78, 5) is 62.5. The number of hydrogen-bond donors (Lipinski definition) is 3. The molecule has 314 valence electrons. The van der Waals surface area contributed by atoms with Gasteiger partial charge in [0.1, 0.15) is 29.0 Å². The smallest absolute Gasteiger partial charge is 0.408 e. The Hall–Kier alpha value is -4.48. The number of alkyl carbamates (subject to hydrolysis) is 1. The molecule has 3 aliphatic heterocycles. The summed E-state index contributed by atoms with van der Waals surface area (Å²) in [6, 6.07) is 4.89. The van der Waals surface area contributed by atoms with Gasteiger partial charge in [-0.1, -0.05) is 43.2 Å². The molecule has 3 saturated carbocycles. The fourth-order valence-corrected chi connectivity index (χ4v) is 10.3. The Morgan fingerprint density at radius 3 is 2.47 bits per heavy atom. The van der Waals surface area contributed by atoms with Crippen LogP contribution < -0.4 is 20.1 Å². The summed E-state index contributed by atoms with van der Waals surface area (Å²) in [5.74, 6) is -11.4. The van der Waals surface area contributed by atoms with Gasteiger partial charge in [0.05, 0.1) is 28.9 Å². The SMILES string of the molecule is Cc1nc2ccccc2c2c1OC1(CC2)CC2C(=O)NC3(C(=O)NS(=O)(=O)C4(C)CC4)CCC3C=CCCCCCC(NC(=O)OC3CC(F)(F)C3(F)F)C(=O)N2C1. The quantitative estimate of drug-likeness (QED) is 0.273. The molecule has 8 rings (SSSR count). The molecule has 6 unspecified atom stereocenters. The van der Waals surface area contributed by atoms with Gasteiger partial charge in [-0.2, -0.15) is 17.6 Å². The molecule has 1 aromatic carbocycles. The van der Waals surface area contributed by atoms with Gasteiger partial charge >= 0.3 is 17.9 Å². The molecule has 6 aliphatic rings. The van der Waals surface area contributed by atoms with Crippen molar-refractivity contribution in [3.05, 3.63) is 47.7 Å². The van der Waals surface area contributed by atoms with Gasteiger partial charge in [-0.3, -0.25) is 19.1 Å². The van der Waals surface area contributed by atoms with E-state index < -0.39 is 92.1 Å². The fourth-order valence-electron chi connectivity index (χ4n) is 9.04. The van der Waals surface area contributed by atoms with E-state index in [1.807, 2.05) is 36.4 Å². The second kappa shape index (κ2) is 14.1. The van der Waals surface area contributed by atoms with Crippen LogP contribution >= 0.6 is 0 Å². The lowest BCUT2D eigenvalue weighted by atomic mass is 9.65. The van der Waals surface area contributed by atoms with Gasteiger partial charge in [0.25, 0.3) is 5.91 Å². The average Bonchev–Trinajstić information content (AvgIpc) is 3.83. The highest BCUT2D eigenvalue weighted by Crippen LogP contribution is 2.53. The Balaban J connectivity index is 1.12. The number of ether oxygens (including phenoxy) is 2. The number of benzene rings is 1. The zero-order valence-electron chi connectivity index (χ0n) is 32.3. The van der Waals surface area contributed by atoms with Crippen molar-refractivity contribution < 1.29 is 54.6 Å². The number of sulfonamides is 1. The number of allylic oxidation sites excluding steroid dienone is 1. The second-order valence-electron chi connectivity index (χ2n) is 17.2. The maximum absolute atomic E-state index is 14.7. The van der Waals surface area contributed by atoms with E-state index in [0.29, 0.717) is 69.2 Å². The second-order valence-corrected chi connectivity index (χ2v) is 19.4. The van der Waals surface area contributed by atoms with Crippen LogP contribution in [0.4, 0.5) is 22.4 Å². The van der Waals surface area contributed by atoms with Crippen LogP contribution in [0.2, 0.25) is 0 Å². The minimum atomic E-state index is -4.58. The molecule has 1 spiro atoms. The van der Waals surface area contributed by atoms with Gasteiger partial charge < -0.3 is 25.0 Å². The first-order chi connectivity index (χ1) is 27.3. The zero-order valence-corrected chi connectivity index (χ0v) is 33.1. The predicted molar refractivity (Wildman–Crippen MR) is 201 cm³/mol. The normalized spacial score (nSPS) is 32.4. The van der Waals surface area contributed by atoms with Gasteiger partial charge in [0.15, 0.2) is 6.10 Å². The number of carbonyl (C=O) groups is 4. The number of nitrogens with zero attached hydrogens (tertiary/aromatic N) is 2. The third kappa shape index (κ3) is 6.76. The molecule has 13 nitrogen and oxygen atoms in total. The van der Waals surface area contributed by atoms with E-state index in [1.54, 1.807) is 13.8 Å². The molecule has 2 aromatic rings. The number of carbonyl (C=O) groups excluding carboxylic acids is 4. The molecular weight excluding hydrogens is 787 g/mol. The van der Waals surface area contributed by atoms with Crippen LogP contribution in [-0.2, 0) is 35.6 Å². The highest BCUT2D eigenvalue weighted by molar-refractivity contribution is 7.91. The van der Waals surface area contributed by atoms with Crippen LogP contribution in [0, 0.1) is 12.8 Å². The number of halogens is 4. The van der Waals surface area contributed by atoms with Gasteiger partial charge in [-0.25, -0.2) is 18.2 Å². The van der Waals surface area contributed by atoms with Crippen molar-refractivity contribution in [3.63, 3.8) is 0 Å². The van der Waals surface area contributed by atoms with Crippen LogP contribution in [0.1, 0.15) is 95.2 Å². The molecular formula is C40H47F4N5O8S. The number of hydrogen-bond acceptors (Lipinski definition) is 9. The van der Waals surface area contributed by atoms with Crippen molar-refractivity contribution in [2.24, 2.45) is 5.92 Å². The summed E-state index contributed by atoms with van der Waals surface area (Å²) in [5.41, 5.74) is -0.512. The first-order valence-electron chi connectivity index (χ1n) is 20.0. The number of aromatic nitrogens is 1. The van der Waals surface area contributed by atoms with Crippen LogP contribution in [-0.4, -0.2) is 94.6 Å². The van der Waals surface area contributed by atoms with Crippen LogP contribution in [0.3, 0.4) is 0 Å². The molecule has 6 atom stereocenters.